The molecule has 8 heteroatoms. The maximum Gasteiger partial charge on any atom is 0.331 e. The van der Waals surface area contributed by atoms with Gasteiger partial charge in [0, 0.05) is 6.16 Å². The molecular formula is C18H25O7P. The first-order chi connectivity index (χ1) is 12.3. The van der Waals surface area contributed by atoms with E-state index in [4.69, 9.17) is 28.0 Å². The molecule has 0 N–H and O–H groups in total. The van der Waals surface area contributed by atoms with Gasteiger partial charge in [0.15, 0.2) is 12.1 Å². The van der Waals surface area contributed by atoms with E-state index in [0.29, 0.717) is 12.6 Å². The lowest BCUT2D eigenvalue weighted by Gasteiger charge is -2.39. The summed E-state index contributed by atoms with van der Waals surface area (Å²) >= 11 is 0. The van der Waals surface area contributed by atoms with Gasteiger partial charge in [0.2, 0.25) is 0 Å². The molecule has 6 atom stereocenters. The normalized spacial score (nSPS) is 40.8. The van der Waals surface area contributed by atoms with Gasteiger partial charge in [-0.25, -0.2) is 0 Å². The predicted octanol–water partition coefficient (Wildman–Crippen LogP) is 3.63. The van der Waals surface area contributed by atoms with E-state index in [-0.39, 0.29) is 0 Å². The molecule has 7 nitrogen and oxygen atoms in total. The van der Waals surface area contributed by atoms with E-state index in [1.165, 1.54) is 0 Å². The van der Waals surface area contributed by atoms with Crippen molar-refractivity contribution in [1.82, 2.24) is 0 Å². The van der Waals surface area contributed by atoms with Gasteiger partial charge in [-0.3, -0.25) is 13.6 Å². The van der Waals surface area contributed by atoms with Gasteiger partial charge >= 0.3 is 7.60 Å². The molecule has 0 saturated carbocycles. The number of hydrogen-bond donors (Lipinski definition) is 0. The molecule has 0 spiro atoms. The summed E-state index contributed by atoms with van der Waals surface area (Å²) in [6.07, 6.45) is -1.40. The largest absolute Gasteiger partial charge is 0.497 e. The SMILES string of the molecule is CCC[P@@]1(=O)O[C@@H]2[C@H]3OC(C)(C)O[C@H]3O[C@@H]2[C@@H](c2ccc(OC)cc2)O1. The number of hydrogen-bond acceptors (Lipinski definition) is 7. The second kappa shape index (κ2) is 6.59. The highest BCUT2D eigenvalue weighted by Crippen LogP contribution is 2.62. The van der Waals surface area contributed by atoms with Crippen LogP contribution in [0.3, 0.4) is 0 Å². The summed E-state index contributed by atoms with van der Waals surface area (Å²) in [7, 11) is -1.65. The van der Waals surface area contributed by atoms with Crippen LogP contribution in [0.4, 0.5) is 0 Å². The number of ether oxygens (including phenoxy) is 4. The predicted molar refractivity (Wildman–Crippen MR) is 93.2 cm³/mol. The van der Waals surface area contributed by atoms with Crippen LogP contribution in [0.2, 0.25) is 0 Å². The minimum atomic E-state index is -3.26. The quantitative estimate of drug-likeness (QED) is 0.734. The van der Waals surface area contributed by atoms with Crippen molar-refractivity contribution in [2.45, 2.75) is 63.7 Å². The van der Waals surface area contributed by atoms with Gasteiger partial charge in [-0.15, -0.1) is 0 Å². The zero-order chi connectivity index (χ0) is 18.5. The Hall–Kier alpha value is -0.950. The lowest BCUT2D eigenvalue weighted by Crippen LogP contribution is -2.43. The third kappa shape index (κ3) is 3.21. The molecule has 0 radical (unpaired) electrons. The summed E-state index contributed by atoms with van der Waals surface area (Å²) in [6, 6.07) is 7.48. The summed E-state index contributed by atoms with van der Waals surface area (Å²) < 4.78 is 48.2. The monoisotopic (exact) mass is 384 g/mol. The molecule has 0 aromatic heterocycles. The van der Waals surface area contributed by atoms with Crippen LogP contribution in [-0.2, 0) is 27.8 Å². The van der Waals surface area contributed by atoms with Gasteiger partial charge in [-0.1, -0.05) is 19.1 Å². The molecule has 26 heavy (non-hydrogen) atoms. The van der Waals surface area contributed by atoms with E-state index in [2.05, 4.69) is 0 Å². The molecule has 1 aromatic carbocycles. The Labute approximate surface area is 153 Å². The Morgan fingerprint density at radius 2 is 1.81 bits per heavy atom. The first-order valence-corrected chi connectivity index (χ1v) is 10.7. The van der Waals surface area contributed by atoms with Crippen LogP contribution in [0.5, 0.6) is 5.75 Å². The molecule has 4 rings (SSSR count). The van der Waals surface area contributed by atoms with Gasteiger partial charge in [-0.05, 0) is 38.0 Å². The summed E-state index contributed by atoms with van der Waals surface area (Å²) in [5.41, 5.74) is 0.861. The standard InChI is InChI=1S/C18H25O7P/c1-5-10-26(19)24-13(11-6-8-12(20-4)9-7-11)14-15(25-26)16-17(21-14)23-18(2,3)22-16/h6-9,13-17H,5,10H2,1-4H3/t13-,14-,15+,16-,17-,26+/m1/s1. The number of rotatable bonds is 4. The average molecular weight is 384 g/mol. The third-order valence-corrected chi connectivity index (χ3v) is 6.93. The van der Waals surface area contributed by atoms with Gasteiger partial charge in [-0.2, -0.15) is 0 Å². The highest BCUT2D eigenvalue weighted by molar-refractivity contribution is 7.53. The molecular weight excluding hydrogens is 359 g/mol. The summed E-state index contributed by atoms with van der Waals surface area (Å²) in [5.74, 6) is -0.0153. The van der Waals surface area contributed by atoms with Crippen LogP contribution in [0.1, 0.15) is 38.9 Å². The third-order valence-electron chi connectivity index (χ3n) is 4.82. The van der Waals surface area contributed by atoms with Crippen LogP contribution in [-0.4, -0.2) is 43.7 Å². The first kappa shape index (κ1) is 18.4. The molecule has 3 aliphatic heterocycles. The van der Waals surface area contributed by atoms with E-state index in [1.807, 2.05) is 45.0 Å². The van der Waals surface area contributed by atoms with Gasteiger partial charge < -0.3 is 18.9 Å². The van der Waals surface area contributed by atoms with E-state index < -0.39 is 44.1 Å². The Bertz CT molecular complexity index is 704. The fourth-order valence-corrected chi connectivity index (χ4v) is 5.74. The fraction of sp³-hybridized carbons (Fsp3) is 0.667. The molecule has 0 unspecified atom stereocenters. The van der Waals surface area contributed by atoms with E-state index >= 15 is 0 Å². The van der Waals surface area contributed by atoms with E-state index in [1.54, 1.807) is 7.11 Å². The summed E-state index contributed by atoms with van der Waals surface area (Å²) in [4.78, 5) is 0. The molecule has 0 aliphatic carbocycles. The highest BCUT2D eigenvalue weighted by Gasteiger charge is 2.62. The first-order valence-electron chi connectivity index (χ1n) is 8.95. The van der Waals surface area contributed by atoms with Gasteiger partial charge in [0.25, 0.3) is 0 Å². The van der Waals surface area contributed by atoms with Crippen molar-refractivity contribution in [3.8, 4) is 5.75 Å². The van der Waals surface area contributed by atoms with E-state index in [9.17, 15) is 4.57 Å². The average Bonchev–Trinajstić information content (AvgIpc) is 3.06. The molecule has 0 bridgehead atoms. The van der Waals surface area contributed by atoms with Crippen molar-refractivity contribution >= 4 is 7.60 Å². The maximum absolute atomic E-state index is 13.2. The van der Waals surface area contributed by atoms with Crippen molar-refractivity contribution in [1.29, 1.82) is 0 Å². The zero-order valence-corrected chi connectivity index (χ0v) is 16.3. The lowest BCUT2D eigenvalue weighted by atomic mass is 9.99. The Morgan fingerprint density at radius 3 is 2.46 bits per heavy atom. The topological polar surface area (TPSA) is 72.5 Å². The van der Waals surface area contributed by atoms with Gasteiger partial charge in [0.1, 0.15) is 30.2 Å². The second-order valence-electron chi connectivity index (χ2n) is 7.27. The smallest absolute Gasteiger partial charge is 0.331 e. The van der Waals surface area contributed by atoms with Crippen molar-refractivity contribution in [3.63, 3.8) is 0 Å². The summed E-state index contributed by atoms with van der Waals surface area (Å²) in [5, 5.41) is 0. The molecule has 3 saturated heterocycles. The Morgan fingerprint density at radius 1 is 1.08 bits per heavy atom. The maximum atomic E-state index is 13.2. The fourth-order valence-electron chi connectivity index (χ4n) is 3.73. The molecule has 3 fully saturated rings. The van der Waals surface area contributed by atoms with Gasteiger partial charge in [0.05, 0.1) is 7.11 Å². The molecule has 3 heterocycles. The van der Waals surface area contributed by atoms with Crippen LogP contribution >= 0.6 is 7.60 Å². The molecule has 144 valence electrons. The molecule has 1 aromatic rings. The lowest BCUT2D eigenvalue weighted by molar-refractivity contribution is -0.229. The van der Waals surface area contributed by atoms with Crippen molar-refractivity contribution in [2.75, 3.05) is 13.3 Å². The van der Waals surface area contributed by atoms with Crippen molar-refractivity contribution in [3.05, 3.63) is 29.8 Å². The van der Waals surface area contributed by atoms with E-state index in [0.717, 1.165) is 11.3 Å². The van der Waals surface area contributed by atoms with Crippen LogP contribution in [0.15, 0.2) is 24.3 Å². The molecule has 3 aliphatic rings. The number of fused-ring (bicyclic) bond motifs is 3. The minimum Gasteiger partial charge on any atom is -0.497 e. The minimum absolute atomic E-state index is 0.352. The zero-order valence-electron chi connectivity index (χ0n) is 15.4. The number of methoxy groups -OCH3 is 1. The second-order valence-corrected chi connectivity index (χ2v) is 9.36. The van der Waals surface area contributed by atoms with Crippen LogP contribution < -0.4 is 4.74 Å². The van der Waals surface area contributed by atoms with Crippen LogP contribution in [0.25, 0.3) is 0 Å². The van der Waals surface area contributed by atoms with Crippen molar-refractivity contribution < 1.29 is 32.6 Å². The Balaban J connectivity index is 1.66. The Kier molecular flexibility index (Phi) is 4.66. The number of benzene rings is 1. The summed E-state index contributed by atoms with van der Waals surface area (Å²) in [6.45, 7) is 5.61. The van der Waals surface area contributed by atoms with Crippen molar-refractivity contribution in [2.24, 2.45) is 0 Å². The molecule has 0 amide bonds. The highest BCUT2D eigenvalue weighted by atomic mass is 31.2. The van der Waals surface area contributed by atoms with Crippen LogP contribution in [0, 0.1) is 0 Å².